The van der Waals surface area contributed by atoms with Crippen LogP contribution >= 0.6 is 11.3 Å². The van der Waals surface area contributed by atoms with Gasteiger partial charge in [0.25, 0.3) is 0 Å². The maximum atomic E-state index is 5.02. The number of methoxy groups -OCH3 is 1. The Morgan fingerprint density at radius 1 is 1.59 bits per heavy atom. The van der Waals surface area contributed by atoms with Crippen LogP contribution in [0, 0.1) is 5.41 Å². The van der Waals surface area contributed by atoms with Crippen molar-refractivity contribution in [1.82, 2.24) is 5.32 Å². The van der Waals surface area contributed by atoms with E-state index < -0.39 is 0 Å². The van der Waals surface area contributed by atoms with Crippen molar-refractivity contribution in [3.63, 3.8) is 0 Å². The summed E-state index contributed by atoms with van der Waals surface area (Å²) in [6.45, 7) is 8.84. The molecule has 0 aromatic carbocycles. The van der Waals surface area contributed by atoms with E-state index in [-0.39, 0.29) is 5.41 Å². The summed E-state index contributed by atoms with van der Waals surface area (Å²) in [5.74, 6) is 0. The van der Waals surface area contributed by atoms with Gasteiger partial charge in [-0.05, 0) is 40.6 Å². The average molecular weight is 253 g/mol. The molecule has 0 aliphatic heterocycles. The second-order valence-electron chi connectivity index (χ2n) is 4.66. The molecule has 1 N–H and O–H groups in total. The minimum absolute atomic E-state index is 0.162. The highest BCUT2D eigenvalue weighted by molar-refractivity contribution is 7.07. The minimum atomic E-state index is 0.162. The molecule has 1 rings (SSSR count). The van der Waals surface area contributed by atoms with Gasteiger partial charge >= 0.3 is 0 Å². The first-order valence-corrected chi connectivity index (χ1v) is 6.99. The highest BCUT2D eigenvalue weighted by Crippen LogP contribution is 2.24. The molecule has 1 atom stereocenters. The molecule has 0 bridgehead atoms. The topological polar surface area (TPSA) is 21.3 Å². The molecule has 17 heavy (non-hydrogen) atoms. The number of ether oxygens (including phenoxy) is 1. The van der Waals surface area contributed by atoms with Crippen LogP contribution < -0.4 is 5.32 Å². The minimum Gasteiger partial charge on any atom is -0.383 e. The van der Waals surface area contributed by atoms with Gasteiger partial charge in [-0.2, -0.15) is 11.3 Å². The second-order valence-corrected chi connectivity index (χ2v) is 5.44. The summed E-state index contributed by atoms with van der Waals surface area (Å²) in [4.78, 5) is 0. The van der Waals surface area contributed by atoms with Crippen LogP contribution in [0.3, 0.4) is 0 Å². The molecule has 0 amide bonds. The Bertz CT molecular complexity index is 310. The van der Waals surface area contributed by atoms with Crippen LogP contribution in [0.25, 0.3) is 0 Å². The Hall–Kier alpha value is -0.640. The standard InChI is InChI=1S/C14H23NOS/c1-4-14(2,12-15-8-9-16-3)7-5-13-6-10-17-11-13/h4,6,10-11,15H,1,5,7-9,12H2,2-3H3. The molecule has 0 saturated carbocycles. The van der Waals surface area contributed by atoms with Gasteiger partial charge in [0.2, 0.25) is 0 Å². The maximum absolute atomic E-state index is 5.02. The number of hydrogen-bond donors (Lipinski definition) is 1. The van der Waals surface area contributed by atoms with Gasteiger partial charge < -0.3 is 10.1 Å². The summed E-state index contributed by atoms with van der Waals surface area (Å²) in [5.41, 5.74) is 1.59. The fourth-order valence-corrected chi connectivity index (χ4v) is 2.38. The Labute approximate surface area is 109 Å². The lowest BCUT2D eigenvalue weighted by Gasteiger charge is -2.26. The first-order chi connectivity index (χ1) is 8.20. The van der Waals surface area contributed by atoms with Crippen molar-refractivity contribution < 1.29 is 4.74 Å². The normalized spacial score (nSPS) is 14.5. The average Bonchev–Trinajstić information content (AvgIpc) is 2.85. The van der Waals surface area contributed by atoms with Crippen molar-refractivity contribution >= 4 is 11.3 Å². The fraction of sp³-hybridized carbons (Fsp3) is 0.571. The van der Waals surface area contributed by atoms with Gasteiger partial charge in [0.1, 0.15) is 0 Å². The van der Waals surface area contributed by atoms with Gasteiger partial charge in [0, 0.05) is 20.2 Å². The molecular weight excluding hydrogens is 230 g/mol. The summed E-state index contributed by atoms with van der Waals surface area (Å²) in [6, 6.07) is 2.20. The molecule has 3 heteroatoms. The van der Waals surface area contributed by atoms with Gasteiger partial charge in [-0.25, -0.2) is 0 Å². The molecule has 0 fully saturated rings. The van der Waals surface area contributed by atoms with Crippen molar-refractivity contribution in [1.29, 1.82) is 0 Å². The third kappa shape index (κ3) is 5.48. The van der Waals surface area contributed by atoms with E-state index in [0.29, 0.717) is 0 Å². The van der Waals surface area contributed by atoms with Gasteiger partial charge in [-0.1, -0.05) is 13.0 Å². The quantitative estimate of drug-likeness (QED) is 0.539. The van der Waals surface area contributed by atoms with Crippen molar-refractivity contribution in [3.8, 4) is 0 Å². The number of nitrogens with one attached hydrogen (secondary N) is 1. The summed E-state index contributed by atoms with van der Waals surface area (Å²) in [6.07, 6.45) is 4.32. The van der Waals surface area contributed by atoms with Crippen molar-refractivity contribution in [3.05, 3.63) is 35.0 Å². The van der Waals surface area contributed by atoms with Crippen molar-refractivity contribution in [2.45, 2.75) is 19.8 Å². The molecule has 96 valence electrons. The predicted molar refractivity (Wildman–Crippen MR) is 75.7 cm³/mol. The largest absolute Gasteiger partial charge is 0.383 e. The molecule has 1 unspecified atom stereocenters. The molecule has 0 saturated heterocycles. The summed E-state index contributed by atoms with van der Waals surface area (Å²) in [7, 11) is 1.73. The Morgan fingerprint density at radius 3 is 3.00 bits per heavy atom. The van der Waals surface area contributed by atoms with E-state index in [1.807, 2.05) is 0 Å². The van der Waals surface area contributed by atoms with Crippen LogP contribution in [0.1, 0.15) is 18.9 Å². The first-order valence-electron chi connectivity index (χ1n) is 6.04. The van der Waals surface area contributed by atoms with E-state index in [1.54, 1.807) is 18.4 Å². The van der Waals surface area contributed by atoms with E-state index in [0.717, 1.165) is 32.5 Å². The first kappa shape index (κ1) is 14.4. The Kier molecular flexibility index (Phi) is 6.48. The highest BCUT2D eigenvalue weighted by Gasteiger charge is 2.19. The van der Waals surface area contributed by atoms with Gasteiger partial charge in [0.05, 0.1) is 6.61 Å². The molecular formula is C14H23NOS. The molecule has 0 aliphatic carbocycles. The zero-order chi connectivity index (χ0) is 12.6. The van der Waals surface area contributed by atoms with Crippen LogP contribution in [-0.2, 0) is 11.2 Å². The molecule has 0 radical (unpaired) electrons. The van der Waals surface area contributed by atoms with E-state index in [9.17, 15) is 0 Å². The fourth-order valence-electron chi connectivity index (χ4n) is 1.68. The lowest BCUT2D eigenvalue weighted by atomic mass is 9.84. The Balaban J connectivity index is 2.31. The summed E-state index contributed by atoms with van der Waals surface area (Å²) < 4.78 is 5.02. The van der Waals surface area contributed by atoms with Crippen LogP contribution in [0.4, 0.5) is 0 Å². The molecule has 2 nitrogen and oxygen atoms in total. The summed E-state index contributed by atoms with van der Waals surface area (Å²) in [5, 5.41) is 7.77. The lowest BCUT2D eigenvalue weighted by Crippen LogP contribution is -2.32. The summed E-state index contributed by atoms with van der Waals surface area (Å²) >= 11 is 1.76. The smallest absolute Gasteiger partial charge is 0.0587 e. The highest BCUT2D eigenvalue weighted by atomic mass is 32.1. The zero-order valence-electron chi connectivity index (χ0n) is 10.9. The Morgan fingerprint density at radius 2 is 2.41 bits per heavy atom. The van der Waals surface area contributed by atoms with E-state index in [4.69, 9.17) is 4.74 Å². The van der Waals surface area contributed by atoms with Crippen molar-refractivity contribution in [2.75, 3.05) is 26.8 Å². The number of rotatable bonds is 9. The molecule has 0 aliphatic rings. The second kappa shape index (κ2) is 7.64. The van der Waals surface area contributed by atoms with Crippen LogP contribution in [0.15, 0.2) is 29.5 Å². The van der Waals surface area contributed by atoms with Gasteiger partial charge in [-0.3, -0.25) is 0 Å². The van der Waals surface area contributed by atoms with E-state index in [1.165, 1.54) is 5.56 Å². The molecule has 1 aromatic rings. The maximum Gasteiger partial charge on any atom is 0.0587 e. The molecule has 1 aromatic heterocycles. The van der Waals surface area contributed by atoms with Gasteiger partial charge in [0.15, 0.2) is 0 Å². The van der Waals surface area contributed by atoms with E-state index in [2.05, 4.69) is 41.7 Å². The lowest BCUT2D eigenvalue weighted by molar-refractivity contribution is 0.195. The van der Waals surface area contributed by atoms with Crippen LogP contribution in [-0.4, -0.2) is 26.8 Å². The third-order valence-electron chi connectivity index (χ3n) is 3.07. The zero-order valence-corrected chi connectivity index (χ0v) is 11.7. The SMILES string of the molecule is C=CC(C)(CCc1ccsc1)CNCCOC. The van der Waals surface area contributed by atoms with Gasteiger partial charge in [-0.15, -0.1) is 6.58 Å². The van der Waals surface area contributed by atoms with Crippen LogP contribution in [0.2, 0.25) is 0 Å². The van der Waals surface area contributed by atoms with E-state index >= 15 is 0 Å². The number of hydrogen-bond acceptors (Lipinski definition) is 3. The monoisotopic (exact) mass is 253 g/mol. The number of aryl methyl sites for hydroxylation is 1. The predicted octanol–water partition coefficient (Wildman–Crippen LogP) is 3.11. The third-order valence-corrected chi connectivity index (χ3v) is 3.80. The van der Waals surface area contributed by atoms with Crippen molar-refractivity contribution in [2.24, 2.45) is 5.41 Å². The molecule has 0 spiro atoms. The molecule has 1 heterocycles. The number of thiophene rings is 1. The van der Waals surface area contributed by atoms with Crippen LogP contribution in [0.5, 0.6) is 0 Å².